The minimum absolute atomic E-state index is 0.0171. The molecule has 0 aliphatic rings. The molecule has 6 heteroatoms. The lowest BCUT2D eigenvalue weighted by atomic mass is 9.77. The van der Waals surface area contributed by atoms with E-state index in [9.17, 15) is 15.0 Å². The van der Waals surface area contributed by atoms with Crippen molar-refractivity contribution in [2.45, 2.75) is 100 Å². The summed E-state index contributed by atoms with van der Waals surface area (Å²) in [5.41, 5.74) is 4.49. The van der Waals surface area contributed by atoms with Gasteiger partial charge in [0.2, 0.25) is 0 Å². The molecule has 1 atom stereocenters. The van der Waals surface area contributed by atoms with Gasteiger partial charge in [0, 0.05) is 34.9 Å². The first kappa shape index (κ1) is 33.4. The van der Waals surface area contributed by atoms with Crippen LogP contribution in [0, 0.1) is 26.2 Å². The molecule has 0 spiro atoms. The van der Waals surface area contributed by atoms with Crippen LogP contribution in [0.3, 0.4) is 0 Å². The van der Waals surface area contributed by atoms with E-state index in [4.69, 9.17) is 4.98 Å². The Kier molecular flexibility index (Phi) is 11.0. The van der Waals surface area contributed by atoms with Crippen LogP contribution in [0.5, 0.6) is 11.5 Å². The molecule has 3 rings (SSSR count). The van der Waals surface area contributed by atoms with Gasteiger partial charge in [-0.2, -0.15) is 0 Å². The van der Waals surface area contributed by atoms with Gasteiger partial charge in [0.25, 0.3) is 0 Å². The van der Waals surface area contributed by atoms with Gasteiger partial charge in [0.05, 0.1) is 16.5 Å². The van der Waals surface area contributed by atoms with Crippen LogP contribution in [0.2, 0.25) is 0 Å². The van der Waals surface area contributed by atoms with Crippen LogP contribution >= 0.6 is 11.3 Å². The van der Waals surface area contributed by atoms with Crippen molar-refractivity contribution >= 4 is 34.9 Å². The maximum absolute atomic E-state index is 13.5. The fraction of sp³-hybridized carbons (Fsp3) is 0.500. The second-order valence-electron chi connectivity index (χ2n) is 12.5. The summed E-state index contributed by atoms with van der Waals surface area (Å²) in [6, 6.07) is 6.27. The molecule has 42 heavy (non-hydrogen) atoms. The Balaban J connectivity index is 2.39. The molecule has 3 aromatic rings. The summed E-state index contributed by atoms with van der Waals surface area (Å²) in [5, 5.41) is 25.0. The summed E-state index contributed by atoms with van der Waals surface area (Å²) in [4.78, 5) is 22.0. The Morgan fingerprint density at radius 3 is 2.10 bits per heavy atom. The molecule has 2 N–H and O–H groups in total. The number of ketones is 1. The number of hydrogen-bond acceptors (Lipinski definition) is 6. The molecule has 228 valence electrons. The Hall–Kier alpha value is -3.12. The highest BCUT2D eigenvalue weighted by molar-refractivity contribution is 7.16. The van der Waals surface area contributed by atoms with Crippen molar-refractivity contribution in [2.24, 2.45) is 5.41 Å². The van der Waals surface area contributed by atoms with Crippen molar-refractivity contribution < 1.29 is 15.0 Å². The molecule has 1 aromatic heterocycles. The summed E-state index contributed by atoms with van der Waals surface area (Å²) < 4.78 is 0. The molecule has 0 aliphatic carbocycles. The zero-order valence-electron chi connectivity index (χ0n) is 27.1. The summed E-state index contributed by atoms with van der Waals surface area (Å²) in [6.07, 6.45) is 6.82. The molecule has 0 radical (unpaired) electrons. The van der Waals surface area contributed by atoms with Gasteiger partial charge in [0.15, 0.2) is 5.13 Å². The van der Waals surface area contributed by atoms with Crippen LogP contribution in [-0.2, 0) is 4.79 Å². The number of rotatable bonds is 12. The minimum atomic E-state index is -0.634. The number of aromatic nitrogens is 1. The fourth-order valence-corrected chi connectivity index (χ4v) is 6.59. The quantitative estimate of drug-likeness (QED) is 0.224. The van der Waals surface area contributed by atoms with Gasteiger partial charge in [0.1, 0.15) is 17.3 Å². The normalized spacial score (nSPS) is 13.0. The number of Topliss-reactive ketones (excluding diaryl/α,β-unsaturated/α-hetero) is 1. The third kappa shape index (κ3) is 6.91. The largest absolute Gasteiger partial charge is 0.507 e. The molecule has 0 bridgehead atoms. The van der Waals surface area contributed by atoms with E-state index in [1.165, 1.54) is 0 Å². The zero-order chi connectivity index (χ0) is 31.4. The lowest BCUT2D eigenvalue weighted by Crippen LogP contribution is -2.32. The lowest BCUT2D eigenvalue weighted by molar-refractivity contribution is -0.128. The van der Waals surface area contributed by atoms with Crippen molar-refractivity contribution in [3.8, 4) is 22.8 Å². The number of hydrogen-bond donors (Lipinski definition) is 2. The average molecular weight is 591 g/mol. The van der Waals surface area contributed by atoms with Crippen molar-refractivity contribution in [3.63, 3.8) is 0 Å². The number of nitrogens with zero attached hydrogens (tertiary/aromatic N) is 2. The van der Waals surface area contributed by atoms with Crippen molar-refractivity contribution in [3.05, 3.63) is 55.8 Å². The first-order valence-electron chi connectivity index (χ1n) is 15.4. The highest BCUT2D eigenvalue weighted by Gasteiger charge is 2.34. The number of aromatic hydroxyl groups is 2. The molecule has 0 fully saturated rings. The molecule has 0 amide bonds. The molecule has 1 unspecified atom stereocenters. The molecule has 2 aromatic carbocycles. The fourth-order valence-electron chi connectivity index (χ4n) is 5.53. The second kappa shape index (κ2) is 13.9. The average Bonchev–Trinajstić information content (AvgIpc) is 3.34. The maximum Gasteiger partial charge on any atom is 0.186 e. The second-order valence-corrected chi connectivity index (χ2v) is 13.5. The SMILES string of the molecule is C=c1c(C)c(O)c(C(CC)C(=O)C(C)(C)C)c(O)/c1=C\c1sc(N(CCCC)CCCC)nc1-c1c(C)cccc1C. The number of aryl methyl sites for hydroxylation is 2. The number of carbonyl (C=O) groups excluding carboxylic acids is 1. The number of benzene rings is 2. The number of phenolic OH excluding ortho intramolecular Hbond substituents is 2. The summed E-state index contributed by atoms with van der Waals surface area (Å²) in [7, 11) is 0. The van der Waals surface area contributed by atoms with Crippen molar-refractivity contribution in [2.75, 3.05) is 18.0 Å². The van der Waals surface area contributed by atoms with E-state index in [0.717, 1.165) is 71.2 Å². The summed E-state index contributed by atoms with van der Waals surface area (Å²) >= 11 is 1.62. The van der Waals surface area contributed by atoms with Gasteiger partial charge in [-0.1, -0.05) is 90.5 Å². The molecule has 5 nitrogen and oxygen atoms in total. The highest BCUT2D eigenvalue weighted by Crippen LogP contribution is 2.40. The number of phenols is 2. The summed E-state index contributed by atoms with van der Waals surface area (Å²) in [5.74, 6) is -0.783. The monoisotopic (exact) mass is 590 g/mol. The molecule has 0 aliphatic heterocycles. The smallest absolute Gasteiger partial charge is 0.186 e. The van der Waals surface area contributed by atoms with Crippen LogP contribution in [0.1, 0.15) is 107 Å². The number of anilines is 1. The van der Waals surface area contributed by atoms with Gasteiger partial charge < -0.3 is 15.1 Å². The van der Waals surface area contributed by atoms with E-state index in [-0.39, 0.29) is 17.3 Å². The van der Waals surface area contributed by atoms with E-state index in [2.05, 4.69) is 57.4 Å². The Morgan fingerprint density at radius 1 is 1.02 bits per heavy atom. The first-order chi connectivity index (χ1) is 19.8. The molecular weight excluding hydrogens is 540 g/mol. The van der Waals surface area contributed by atoms with Crippen LogP contribution in [0.25, 0.3) is 23.9 Å². The van der Waals surface area contributed by atoms with Crippen LogP contribution in [-0.4, -0.2) is 34.1 Å². The van der Waals surface area contributed by atoms with Gasteiger partial charge in [-0.25, -0.2) is 4.98 Å². The Bertz CT molecular complexity index is 1500. The topological polar surface area (TPSA) is 73.7 Å². The van der Waals surface area contributed by atoms with Crippen LogP contribution < -0.4 is 15.3 Å². The predicted octanol–water partition coefficient (Wildman–Crippen LogP) is 7.90. The van der Waals surface area contributed by atoms with Gasteiger partial charge >= 0.3 is 0 Å². The van der Waals surface area contributed by atoms with E-state index < -0.39 is 11.3 Å². The predicted molar refractivity (Wildman–Crippen MR) is 179 cm³/mol. The third-order valence-corrected chi connectivity index (χ3v) is 9.24. The molecule has 0 saturated heterocycles. The Labute approximate surface area is 256 Å². The maximum atomic E-state index is 13.5. The van der Waals surface area contributed by atoms with Gasteiger partial charge in [-0.3, -0.25) is 4.79 Å². The van der Waals surface area contributed by atoms with E-state index in [0.29, 0.717) is 28.0 Å². The number of carbonyl (C=O) groups is 1. The zero-order valence-corrected chi connectivity index (χ0v) is 28.0. The van der Waals surface area contributed by atoms with E-state index >= 15 is 0 Å². The standard InChI is InChI=1S/C36H50N2O3S/c1-11-14-19-38(20-15-12-2)35-37-31(29-22(4)17-16-18-23(29)5)28(42-35)21-27-24(6)25(7)32(39)30(33(27)40)26(13-3)34(41)36(8,9)10/h16-18,21,26,39-40H,6,11-15,19-20H2,1-5,7-10H3/b27-21-. The minimum Gasteiger partial charge on any atom is -0.507 e. The number of unbranched alkanes of at least 4 members (excludes halogenated alkanes) is 2. The van der Waals surface area contributed by atoms with E-state index in [1.54, 1.807) is 18.3 Å². The molecular formula is C36H50N2O3S. The first-order valence-corrected chi connectivity index (χ1v) is 16.2. The summed E-state index contributed by atoms with van der Waals surface area (Å²) in [6.45, 7) is 24.1. The van der Waals surface area contributed by atoms with Gasteiger partial charge in [-0.05, 0) is 68.0 Å². The molecule has 1 heterocycles. The number of thiazole rings is 1. The Morgan fingerprint density at radius 2 is 1.60 bits per heavy atom. The lowest BCUT2D eigenvalue weighted by Gasteiger charge is -2.26. The van der Waals surface area contributed by atoms with Gasteiger partial charge in [-0.15, -0.1) is 0 Å². The van der Waals surface area contributed by atoms with Crippen LogP contribution in [0.4, 0.5) is 5.13 Å². The molecule has 0 saturated carbocycles. The van der Waals surface area contributed by atoms with Crippen molar-refractivity contribution in [1.29, 1.82) is 0 Å². The highest BCUT2D eigenvalue weighted by atomic mass is 32.1. The van der Waals surface area contributed by atoms with Crippen LogP contribution in [0.15, 0.2) is 18.2 Å². The van der Waals surface area contributed by atoms with E-state index in [1.807, 2.05) is 33.8 Å². The van der Waals surface area contributed by atoms with Crippen molar-refractivity contribution in [1.82, 2.24) is 4.98 Å². The third-order valence-electron chi connectivity index (χ3n) is 8.18.